The van der Waals surface area contributed by atoms with Crippen molar-refractivity contribution in [1.29, 1.82) is 0 Å². The van der Waals surface area contributed by atoms with Gasteiger partial charge < -0.3 is 14.9 Å². The SMILES string of the molecule is O=C(O)[C@@H]1C[C@H]2CCCC[C@@H]2N1C(=O)C1CCN(C(=O)C2CC2)CC1. The van der Waals surface area contributed by atoms with Crippen LogP contribution >= 0.6 is 0 Å². The minimum Gasteiger partial charge on any atom is -0.480 e. The van der Waals surface area contributed by atoms with Crippen LogP contribution in [0, 0.1) is 17.8 Å². The van der Waals surface area contributed by atoms with E-state index in [1.54, 1.807) is 4.90 Å². The predicted molar refractivity (Wildman–Crippen MR) is 90.7 cm³/mol. The maximum Gasteiger partial charge on any atom is 0.326 e. The van der Waals surface area contributed by atoms with Gasteiger partial charge in [0, 0.05) is 31.0 Å². The summed E-state index contributed by atoms with van der Waals surface area (Å²) in [6.45, 7) is 1.29. The van der Waals surface area contributed by atoms with Crippen LogP contribution < -0.4 is 0 Å². The third kappa shape index (κ3) is 3.15. The molecule has 2 saturated heterocycles. The summed E-state index contributed by atoms with van der Waals surface area (Å²) in [6.07, 6.45) is 8.22. The molecule has 4 rings (SSSR count). The molecule has 0 spiro atoms. The molecule has 0 bridgehead atoms. The molecule has 2 amide bonds. The van der Waals surface area contributed by atoms with Gasteiger partial charge in [-0.05, 0) is 50.9 Å². The van der Waals surface area contributed by atoms with Gasteiger partial charge in [-0.2, -0.15) is 0 Å². The summed E-state index contributed by atoms with van der Waals surface area (Å²) in [4.78, 5) is 40.7. The monoisotopic (exact) mass is 348 g/mol. The molecule has 3 atom stereocenters. The standard InChI is InChI=1S/C19H28N2O4/c22-17(12-5-6-12)20-9-7-13(8-10-20)18(23)21-15-4-2-1-3-14(15)11-16(21)19(24)25/h12-16H,1-11H2,(H,24,25)/t14-,15+,16+/m1/s1. The summed E-state index contributed by atoms with van der Waals surface area (Å²) in [6, 6.07) is -0.528. The first kappa shape index (κ1) is 16.9. The Kier molecular flexibility index (Phi) is 4.46. The zero-order valence-corrected chi connectivity index (χ0v) is 14.7. The van der Waals surface area contributed by atoms with Gasteiger partial charge in [0.05, 0.1) is 0 Å². The number of carboxylic acids is 1. The number of fused-ring (bicyclic) bond motifs is 1. The molecule has 2 saturated carbocycles. The van der Waals surface area contributed by atoms with Crippen LogP contribution in [0.4, 0.5) is 0 Å². The number of rotatable bonds is 3. The maximum absolute atomic E-state index is 13.2. The number of piperidine rings is 1. The second-order valence-electron chi connectivity index (χ2n) is 8.32. The zero-order chi connectivity index (χ0) is 17.6. The second-order valence-corrected chi connectivity index (χ2v) is 8.32. The molecule has 1 N–H and O–H groups in total. The van der Waals surface area contributed by atoms with E-state index < -0.39 is 12.0 Å². The molecule has 4 fully saturated rings. The number of nitrogens with zero attached hydrogens (tertiary/aromatic N) is 2. The van der Waals surface area contributed by atoms with Crippen molar-refractivity contribution in [2.45, 2.75) is 69.9 Å². The summed E-state index contributed by atoms with van der Waals surface area (Å²) in [5, 5.41) is 9.61. The van der Waals surface area contributed by atoms with Crippen molar-refractivity contribution in [3.63, 3.8) is 0 Å². The van der Waals surface area contributed by atoms with Crippen LogP contribution in [0.2, 0.25) is 0 Å². The average Bonchev–Trinajstić information content (AvgIpc) is 3.40. The van der Waals surface area contributed by atoms with Gasteiger partial charge >= 0.3 is 5.97 Å². The molecule has 6 nitrogen and oxygen atoms in total. The normalized spacial score (nSPS) is 33.2. The number of carbonyl (C=O) groups excluding carboxylic acids is 2. The van der Waals surface area contributed by atoms with Crippen molar-refractivity contribution in [3.8, 4) is 0 Å². The van der Waals surface area contributed by atoms with Crippen molar-refractivity contribution in [2.24, 2.45) is 17.8 Å². The lowest BCUT2D eigenvalue weighted by atomic mass is 9.84. The lowest BCUT2D eigenvalue weighted by Gasteiger charge is -2.38. The molecule has 2 aliphatic heterocycles. The summed E-state index contributed by atoms with van der Waals surface area (Å²) in [5.41, 5.74) is 0. The molecule has 0 unspecified atom stereocenters. The Labute approximate surface area is 148 Å². The van der Waals surface area contributed by atoms with Crippen molar-refractivity contribution in [2.75, 3.05) is 13.1 Å². The van der Waals surface area contributed by atoms with Crippen molar-refractivity contribution < 1.29 is 19.5 Å². The van der Waals surface area contributed by atoms with E-state index >= 15 is 0 Å². The highest BCUT2D eigenvalue weighted by molar-refractivity contribution is 5.87. The minimum atomic E-state index is -0.857. The molecule has 138 valence electrons. The smallest absolute Gasteiger partial charge is 0.326 e. The van der Waals surface area contributed by atoms with Gasteiger partial charge in [-0.1, -0.05) is 12.8 Å². The van der Waals surface area contributed by atoms with E-state index in [9.17, 15) is 19.5 Å². The van der Waals surface area contributed by atoms with Gasteiger partial charge in [-0.3, -0.25) is 9.59 Å². The second kappa shape index (κ2) is 6.61. The van der Waals surface area contributed by atoms with E-state index in [0.29, 0.717) is 38.3 Å². The maximum atomic E-state index is 13.2. The van der Waals surface area contributed by atoms with E-state index in [0.717, 1.165) is 38.5 Å². The predicted octanol–water partition coefficient (Wildman–Crippen LogP) is 1.88. The Morgan fingerprint density at radius 2 is 1.44 bits per heavy atom. The number of amides is 2. The molecule has 0 aromatic heterocycles. The largest absolute Gasteiger partial charge is 0.480 e. The number of carbonyl (C=O) groups is 3. The number of aliphatic carboxylic acids is 1. The Balaban J connectivity index is 1.42. The van der Waals surface area contributed by atoms with E-state index in [1.807, 2.05) is 4.90 Å². The van der Waals surface area contributed by atoms with Crippen LogP contribution in [-0.4, -0.2) is 57.9 Å². The van der Waals surface area contributed by atoms with Gasteiger partial charge in [0.25, 0.3) is 0 Å². The first-order chi connectivity index (χ1) is 12.1. The highest BCUT2D eigenvalue weighted by atomic mass is 16.4. The first-order valence-corrected chi connectivity index (χ1v) is 9.90. The molecular formula is C19H28N2O4. The van der Waals surface area contributed by atoms with E-state index in [4.69, 9.17) is 0 Å². The zero-order valence-electron chi connectivity index (χ0n) is 14.7. The lowest BCUT2D eigenvalue weighted by Crippen LogP contribution is -2.51. The highest BCUT2D eigenvalue weighted by Crippen LogP contribution is 2.41. The molecule has 0 radical (unpaired) electrons. The first-order valence-electron chi connectivity index (χ1n) is 9.90. The summed E-state index contributed by atoms with van der Waals surface area (Å²) in [5.74, 6) is -0.112. The van der Waals surface area contributed by atoms with Crippen molar-refractivity contribution in [3.05, 3.63) is 0 Å². The van der Waals surface area contributed by atoms with Crippen LogP contribution in [0.15, 0.2) is 0 Å². The summed E-state index contributed by atoms with van der Waals surface area (Å²) in [7, 11) is 0. The van der Waals surface area contributed by atoms with Crippen LogP contribution in [0.25, 0.3) is 0 Å². The Bertz CT molecular complexity index is 566. The molecular weight excluding hydrogens is 320 g/mol. The van der Waals surface area contributed by atoms with E-state index in [1.165, 1.54) is 0 Å². The fourth-order valence-corrected chi connectivity index (χ4v) is 5.14. The van der Waals surface area contributed by atoms with E-state index in [2.05, 4.69) is 0 Å². The number of carboxylic acid groups (broad SMARTS) is 1. The number of likely N-dealkylation sites (tertiary alicyclic amines) is 2. The van der Waals surface area contributed by atoms with E-state index in [-0.39, 0.29) is 29.7 Å². The van der Waals surface area contributed by atoms with Gasteiger partial charge in [-0.25, -0.2) is 4.79 Å². The van der Waals surface area contributed by atoms with Crippen LogP contribution in [0.5, 0.6) is 0 Å². The highest BCUT2D eigenvalue weighted by Gasteiger charge is 2.49. The molecule has 2 heterocycles. The number of hydrogen-bond acceptors (Lipinski definition) is 3. The number of hydrogen-bond donors (Lipinski definition) is 1. The molecule has 2 aliphatic carbocycles. The van der Waals surface area contributed by atoms with Gasteiger partial charge in [0.15, 0.2) is 0 Å². The average molecular weight is 348 g/mol. The quantitative estimate of drug-likeness (QED) is 0.845. The Morgan fingerprint density at radius 1 is 0.800 bits per heavy atom. The van der Waals surface area contributed by atoms with Crippen LogP contribution in [-0.2, 0) is 14.4 Å². The summed E-state index contributed by atoms with van der Waals surface area (Å²) < 4.78 is 0. The van der Waals surface area contributed by atoms with Crippen LogP contribution in [0.3, 0.4) is 0 Å². The third-order valence-electron chi connectivity index (χ3n) is 6.71. The molecule has 25 heavy (non-hydrogen) atoms. The molecule has 0 aromatic rings. The van der Waals surface area contributed by atoms with Crippen molar-refractivity contribution >= 4 is 17.8 Å². The third-order valence-corrected chi connectivity index (χ3v) is 6.71. The fraction of sp³-hybridized carbons (Fsp3) is 0.842. The Hall–Kier alpha value is -1.59. The Morgan fingerprint density at radius 3 is 2.08 bits per heavy atom. The van der Waals surface area contributed by atoms with Gasteiger partial charge in [0.1, 0.15) is 6.04 Å². The molecule has 0 aromatic carbocycles. The topological polar surface area (TPSA) is 77.9 Å². The summed E-state index contributed by atoms with van der Waals surface area (Å²) >= 11 is 0. The minimum absolute atomic E-state index is 0.0281. The lowest BCUT2D eigenvalue weighted by molar-refractivity contribution is -0.153. The molecule has 4 aliphatic rings. The van der Waals surface area contributed by atoms with Crippen molar-refractivity contribution in [1.82, 2.24) is 9.80 Å². The van der Waals surface area contributed by atoms with Crippen LogP contribution in [0.1, 0.15) is 57.8 Å². The molecule has 6 heteroatoms. The van der Waals surface area contributed by atoms with Gasteiger partial charge in [-0.15, -0.1) is 0 Å². The van der Waals surface area contributed by atoms with Gasteiger partial charge in [0.2, 0.25) is 11.8 Å². The fourth-order valence-electron chi connectivity index (χ4n) is 5.14.